The first-order chi connectivity index (χ1) is 12.7. The van der Waals surface area contributed by atoms with Crippen molar-refractivity contribution in [1.82, 2.24) is 14.6 Å². The highest BCUT2D eigenvalue weighted by Gasteiger charge is 2.35. The molecule has 2 rings (SSSR count). The molecule has 27 heavy (non-hydrogen) atoms. The van der Waals surface area contributed by atoms with Crippen LogP contribution in [0.15, 0.2) is 0 Å². The molecule has 1 aliphatic carbocycles. The number of carbonyl (C=O) groups excluding carboxylic acids is 3. The van der Waals surface area contributed by atoms with Crippen LogP contribution in [0.2, 0.25) is 0 Å². The summed E-state index contributed by atoms with van der Waals surface area (Å²) < 4.78 is 3.89. The van der Waals surface area contributed by atoms with Crippen molar-refractivity contribution < 1.29 is 14.4 Å². The van der Waals surface area contributed by atoms with Gasteiger partial charge in [-0.15, -0.1) is 0 Å². The number of nitrogens with two attached hydrogens (primary N) is 2. The third-order valence-electron chi connectivity index (χ3n) is 5.27. The number of rotatable bonds is 7. The summed E-state index contributed by atoms with van der Waals surface area (Å²) in [6, 6.07) is 0.169. The highest BCUT2D eigenvalue weighted by atomic mass is 32.1. The molecule has 0 saturated heterocycles. The van der Waals surface area contributed by atoms with Crippen LogP contribution in [0.3, 0.4) is 0 Å². The summed E-state index contributed by atoms with van der Waals surface area (Å²) in [4.78, 5) is 38.7. The van der Waals surface area contributed by atoms with Crippen molar-refractivity contribution in [3.8, 4) is 0 Å². The predicted molar refractivity (Wildman–Crippen MR) is 105 cm³/mol. The van der Waals surface area contributed by atoms with E-state index in [-0.39, 0.29) is 34.8 Å². The van der Waals surface area contributed by atoms with Crippen LogP contribution in [0.25, 0.3) is 0 Å². The van der Waals surface area contributed by atoms with Crippen LogP contribution in [0, 0.1) is 0 Å². The monoisotopic (exact) mass is 395 g/mol. The van der Waals surface area contributed by atoms with Gasteiger partial charge in [-0.25, -0.2) is 0 Å². The smallest absolute Gasteiger partial charge is 0.270 e. The molecule has 1 saturated carbocycles. The van der Waals surface area contributed by atoms with Crippen molar-refractivity contribution in [2.24, 2.45) is 5.73 Å². The minimum absolute atomic E-state index is 0.0258. The minimum atomic E-state index is -0.779. The molecule has 1 aromatic rings. The van der Waals surface area contributed by atoms with Gasteiger partial charge in [0.1, 0.15) is 11.4 Å². The zero-order valence-corrected chi connectivity index (χ0v) is 17.0. The lowest BCUT2D eigenvalue weighted by Gasteiger charge is -2.38. The van der Waals surface area contributed by atoms with Crippen molar-refractivity contribution in [2.75, 3.05) is 12.3 Å². The van der Waals surface area contributed by atoms with E-state index in [0.717, 1.165) is 37.2 Å². The second-order valence-corrected chi connectivity index (χ2v) is 8.37. The van der Waals surface area contributed by atoms with Crippen LogP contribution in [-0.2, 0) is 4.79 Å². The number of nitrogens with zero attached hydrogens (tertiary/aromatic N) is 2. The summed E-state index contributed by atoms with van der Waals surface area (Å²) >= 11 is 0.832. The van der Waals surface area contributed by atoms with Gasteiger partial charge in [0.25, 0.3) is 11.8 Å². The van der Waals surface area contributed by atoms with E-state index in [1.165, 1.54) is 11.3 Å². The Hall–Kier alpha value is -2.16. The van der Waals surface area contributed by atoms with Crippen LogP contribution < -0.4 is 16.8 Å². The quantitative estimate of drug-likeness (QED) is 0.649. The molecule has 150 valence electrons. The van der Waals surface area contributed by atoms with Crippen molar-refractivity contribution in [1.29, 1.82) is 0 Å². The molecule has 9 heteroatoms. The van der Waals surface area contributed by atoms with Crippen molar-refractivity contribution in [3.05, 3.63) is 10.6 Å². The topological polar surface area (TPSA) is 131 Å². The molecular formula is C18H29N5O3S. The number of hydrogen-bond donors (Lipinski definition) is 3. The number of carbonyl (C=O) groups is 3. The fourth-order valence-corrected chi connectivity index (χ4v) is 3.92. The van der Waals surface area contributed by atoms with E-state index in [1.807, 2.05) is 20.8 Å². The fraction of sp³-hybridized carbons (Fsp3) is 0.667. The Morgan fingerprint density at radius 2 is 1.89 bits per heavy atom. The van der Waals surface area contributed by atoms with Crippen LogP contribution in [0.4, 0.5) is 5.69 Å². The zero-order valence-electron chi connectivity index (χ0n) is 16.2. The van der Waals surface area contributed by atoms with Crippen LogP contribution >= 0.6 is 11.5 Å². The Bertz CT molecular complexity index is 710. The summed E-state index contributed by atoms with van der Waals surface area (Å²) in [6.07, 6.45) is 6.02. The third-order valence-corrected chi connectivity index (χ3v) is 6.12. The number of nitrogens with one attached hydrogen (secondary N) is 1. The molecule has 0 aliphatic heterocycles. The number of aromatic nitrogens is 1. The molecule has 3 amide bonds. The highest BCUT2D eigenvalue weighted by Crippen LogP contribution is 2.28. The van der Waals surface area contributed by atoms with E-state index in [0.29, 0.717) is 6.42 Å². The Morgan fingerprint density at radius 1 is 1.26 bits per heavy atom. The second-order valence-electron chi connectivity index (χ2n) is 7.60. The Morgan fingerprint density at radius 3 is 2.41 bits per heavy atom. The second kappa shape index (κ2) is 8.69. The first-order valence-electron chi connectivity index (χ1n) is 9.33. The van der Waals surface area contributed by atoms with Crippen LogP contribution in [-0.4, -0.2) is 45.1 Å². The number of nitrogen functional groups attached to an aromatic ring is 1. The van der Waals surface area contributed by atoms with Gasteiger partial charge < -0.3 is 21.7 Å². The lowest BCUT2D eigenvalue weighted by Crippen LogP contribution is -2.52. The molecule has 0 bridgehead atoms. The van der Waals surface area contributed by atoms with Gasteiger partial charge in [-0.05, 0) is 44.6 Å². The van der Waals surface area contributed by atoms with Gasteiger partial charge in [0, 0.05) is 11.6 Å². The summed E-state index contributed by atoms with van der Waals surface area (Å²) in [5.74, 6) is -1.38. The molecule has 8 nitrogen and oxygen atoms in total. The maximum Gasteiger partial charge on any atom is 0.270 e. The van der Waals surface area contributed by atoms with Crippen LogP contribution in [0.5, 0.6) is 0 Å². The molecule has 1 aliphatic rings. The molecule has 0 unspecified atom stereocenters. The molecule has 1 fully saturated rings. The minimum Gasteiger partial charge on any atom is -0.395 e. The van der Waals surface area contributed by atoms with Gasteiger partial charge in [-0.1, -0.05) is 26.2 Å². The van der Waals surface area contributed by atoms with Gasteiger partial charge >= 0.3 is 0 Å². The van der Waals surface area contributed by atoms with Crippen LogP contribution in [0.1, 0.15) is 79.5 Å². The first kappa shape index (κ1) is 21.1. The summed E-state index contributed by atoms with van der Waals surface area (Å²) in [5, 5.41) is 3.04. The molecule has 0 radical (unpaired) electrons. The van der Waals surface area contributed by atoms with E-state index in [9.17, 15) is 14.4 Å². The van der Waals surface area contributed by atoms with E-state index in [1.54, 1.807) is 0 Å². The molecular weight excluding hydrogens is 366 g/mol. The first-order valence-corrected chi connectivity index (χ1v) is 10.1. The van der Waals surface area contributed by atoms with E-state index < -0.39 is 17.4 Å². The number of amides is 3. The van der Waals surface area contributed by atoms with E-state index >= 15 is 0 Å². The molecule has 0 aromatic carbocycles. The maximum atomic E-state index is 13.1. The number of hydrogen-bond acceptors (Lipinski definition) is 6. The molecule has 1 heterocycles. The Balaban J connectivity index is 2.20. The predicted octanol–water partition coefficient (Wildman–Crippen LogP) is 1.90. The highest BCUT2D eigenvalue weighted by molar-refractivity contribution is 7.09. The molecule has 0 atom stereocenters. The van der Waals surface area contributed by atoms with E-state index in [4.69, 9.17) is 11.5 Å². The lowest BCUT2D eigenvalue weighted by atomic mass is 9.95. The van der Waals surface area contributed by atoms with Gasteiger partial charge in [0.15, 0.2) is 5.69 Å². The van der Waals surface area contributed by atoms with Gasteiger partial charge in [-0.2, -0.15) is 4.37 Å². The standard InChI is InChI=1S/C18H29N5O3S/c1-4-18(2,3)23(10-12(24)21-11-8-6-5-7-9-11)17(26)15-13(19)14(16(20)25)22-27-15/h11H,4-10,19H2,1-3H3,(H2,20,25)(H,21,24). The summed E-state index contributed by atoms with van der Waals surface area (Å²) in [7, 11) is 0. The summed E-state index contributed by atoms with van der Waals surface area (Å²) in [6.45, 7) is 5.67. The Labute approximate surface area is 163 Å². The average molecular weight is 396 g/mol. The largest absolute Gasteiger partial charge is 0.395 e. The number of anilines is 1. The molecule has 0 spiro atoms. The van der Waals surface area contributed by atoms with Gasteiger partial charge in [0.05, 0.1) is 5.69 Å². The summed E-state index contributed by atoms with van der Waals surface area (Å²) in [5.41, 5.74) is 10.4. The number of primary amides is 1. The van der Waals surface area contributed by atoms with Gasteiger partial charge in [0.2, 0.25) is 5.91 Å². The fourth-order valence-electron chi connectivity index (χ4n) is 3.17. The van der Waals surface area contributed by atoms with Crippen molar-refractivity contribution >= 4 is 34.9 Å². The normalized spacial score (nSPS) is 15.4. The lowest BCUT2D eigenvalue weighted by molar-refractivity contribution is -0.123. The Kier molecular flexibility index (Phi) is 6.80. The van der Waals surface area contributed by atoms with Gasteiger partial charge in [-0.3, -0.25) is 14.4 Å². The maximum absolute atomic E-state index is 13.1. The average Bonchev–Trinajstić information content (AvgIpc) is 3.01. The van der Waals surface area contributed by atoms with Crippen molar-refractivity contribution in [2.45, 2.75) is 70.9 Å². The van der Waals surface area contributed by atoms with E-state index in [2.05, 4.69) is 9.69 Å². The molecule has 1 aromatic heterocycles. The molecule has 5 N–H and O–H groups in total. The zero-order chi connectivity index (χ0) is 20.2. The SMILES string of the molecule is CCC(C)(C)N(CC(=O)NC1CCCCC1)C(=O)c1snc(C(N)=O)c1N. The van der Waals surface area contributed by atoms with Crippen molar-refractivity contribution in [3.63, 3.8) is 0 Å². The third kappa shape index (κ3) is 4.97.